The highest BCUT2D eigenvalue weighted by Crippen LogP contribution is 2.62. The van der Waals surface area contributed by atoms with E-state index in [0.29, 0.717) is 6.42 Å². The molecule has 0 spiro atoms. The van der Waals surface area contributed by atoms with Crippen molar-refractivity contribution in [3.63, 3.8) is 0 Å². The van der Waals surface area contributed by atoms with Crippen LogP contribution in [0.3, 0.4) is 0 Å². The van der Waals surface area contributed by atoms with Gasteiger partial charge in [0.1, 0.15) is 5.60 Å². The van der Waals surface area contributed by atoms with E-state index in [1.165, 1.54) is 18.8 Å². The van der Waals surface area contributed by atoms with Crippen molar-refractivity contribution in [1.29, 1.82) is 0 Å². The SMILES string of the molecule is C=CC(O)(CO)CCC1C(=C)CCC2C(C)(C(=O)OC)CCCC12C. The fourth-order valence-electron chi connectivity index (χ4n) is 5.60. The Balaban J connectivity index is 2.30. The van der Waals surface area contributed by atoms with Crippen LogP contribution in [0.15, 0.2) is 24.8 Å². The predicted octanol–water partition coefficient (Wildman–Crippen LogP) is 3.63. The molecule has 2 saturated carbocycles. The Hall–Kier alpha value is -1.13. The van der Waals surface area contributed by atoms with Gasteiger partial charge in [-0.15, -0.1) is 6.58 Å². The molecule has 0 aromatic rings. The van der Waals surface area contributed by atoms with Crippen LogP contribution in [-0.2, 0) is 9.53 Å². The van der Waals surface area contributed by atoms with Crippen molar-refractivity contribution in [3.8, 4) is 0 Å². The minimum atomic E-state index is -1.25. The van der Waals surface area contributed by atoms with Gasteiger partial charge in [0.25, 0.3) is 0 Å². The summed E-state index contributed by atoms with van der Waals surface area (Å²) in [6.45, 7) is 12.0. The molecule has 2 N–H and O–H groups in total. The lowest BCUT2D eigenvalue weighted by Crippen LogP contribution is -2.53. The van der Waals surface area contributed by atoms with Crippen molar-refractivity contribution in [2.45, 2.75) is 64.4 Å². The van der Waals surface area contributed by atoms with Crippen molar-refractivity contribution in [1.82, 2.24) is 0 Å². The van der Waals surface area contributed by atoms with Gasteiger partial charge in [0.2, 0.25) is 0 Å². The van der Waals surface area contributed by atoms with Crippen LogP contribution in [0.4, 0.5) is 0 Å². The first-order valence-electron chi connectivity index (χ1n) is 9.40. The number of esters is 1. The molecule has 142 valence electrons. The molecule has 5 unspecified atom stereocenters. The second-order valence-corrected chi connectivity index (χ2v) is 8.58. The average molecular weight is 350 g/mol. The van der Waals surface area contributed by atoms with Gasteiger partial charge in [0.15, 0.2) is 0 Å². The number of hydrogen-bond acceptors (Lipinski definition) is 4. The highest BCUT2D eigenvalue weighted by atomic mass is 16.5. The number of rotatable bonds is 6. The van der Waals surface area contributed by atoms with Gasteiger partial charge in [-0.05, 0) is 62.7 Å². The standard InChI is InChI=1S/C21H34O4/c1-6-21(24,14-22)13-10-16-15(2)8-9-17-19(16,3)11-7-12-20(17,4)18(23)25-5/h6,16-17,22,24H,1-2,7-14H2,3-5H3. The summed E-state index contributed by atoms with van der Waals surface area (Å²) in [6.07, 6.45) is 7.41. The first-order valence-corrected chi connectivity index (χ1v) is 9.40. The van der Waals surface area contributed by atoms with Gasteiger partial charge < -0.3 is 14.9 Å². The number of allylic oxidation sites excluding steroid dienone is 1. The largest absolute Gasteiger partial charge is 0.469 e. The third-order valence-corrected chi connectivity index (χ3v) is 7.19. The number of aliphatic hydroxyl groups is 2. The van der Waals surface area contributed by atoms with E-state index in [1.807, 2.05) is 0 Å². The molecule has 0 aromatic heterocycles. The number of aliphatic hydroxyl groups excluding tert-OH is 1. The van der Waals surface area contributed by atoms with Crippen LogP contribution in [0.5, 0.6) is 0 Å². The number of fused-ring (bicyclic) bond motifs is 1. The molecule has 0 aromatic carbocycles. The summed E-state index contributed by atoms with van der Waals surface area (Å²) in [4.78, 5) is 12.6. The molecule has 0 amide bonds. The van der Waals surface area contributed by atoms with E-state index in [9.17, 15) is 15.0 Å². The van der Waals surface area contributed by atoms with Crippen LogP contribution in [-0.4, -0.2) is 35.5 Å². The zero-order chi connectivity index (χ0) is 18.9. The van der Waals surface area contributed by atoms with Gasteiger partial charge >= 0.3 is 5.97 Å². The van der Waals surface area contributed by atoms with Crippen molar-refractivity contribution in [3.05, 3.63) is 24.8 Å². The van der Waals surface area contributed by atoms with Crippen molar-refractivity contribution in [2.75, 3.05) is 13.7 Å². The molecule has 2 fully saturated rings. The summed E-state index contributed by atoms with van der Waals surface area (Å²) in [5.41, 5.74) is -0.526. The van der Waals surface area contributed by atoms with Gasteiger partial charge in [-0.1, -0.05) is 31.6 Å². The minimum Gasteiger partial charge on any atom is -0.469 e. The van der Waals surface area contributed by atoms with E-state index in [-0.39, 0.29) is 29.8 Å². The number of ether oxygens (including phenoxy) is 1. The first-order chi connectivity index (χ1) is 11.7. The van der Waals surface area contributed by atoms with Gasteiger partial charge in [-0.2, -0.15) is 0 Å². The Morgan fingerprint density at radius 1 is 1.44 bits per heavy atom. The van der Waals surface area contributed by atoms with Crippen molar-refractivity contribution in [2.24, 2.45) is 22.7 Å². The zero-order valence-electron chi connectivity index (χ0n) is 16.0. The summed E-state index contributed by atoms with van der Waals surface area (Å²) in [5.74, 6) is 0.379. The van der Waals surface area contributed by atoms with Gasteiger partial charge in [0.05, 0.1) is 19.1 Å². The lowest BCUT2D eigenvalue weighted by atomic mass is 9.46. The van der Waals surface area contributed by atoms with Crippen LogP contribution >= 0.6 is 0 Å². The fourth-order valence-corrected chi connectivity index (χ4v) is 5.60. The number of hydrogen-bond donors (Lipinski definition) is 2. The maximum atomic E-state index is 12.6. The summed E-state index contributed by atoms with van der Waals surface area (Å²) in [7, 11) is 1.48. The third kappa shape index (κ3) is 3.43. The predicted molar refractivity (Wildman–Crippen MR) is 98.9 cm³/mol. The molecule has 4 heteroatoms. The Morgan fingerprint density at radius 3 is 2.68 bits per heavy atom. The van der Waals surface area contributed by atoms with Crippen LogP contribution in [0.1, 0.15) is 58.8 Å². The first kappa shape index (κ1) is 20.2. The quantitative estimate of drug-likeness (QED) is 0.567. The van der Waals surface area contributed by atoms with E-state index in [1.54, 1.807) is 0 Å². The van der Waals surface area contributed by atoms with Gasteiger partial charge in [-0.25, -0.2) is 0 Å². The molecular formula is C21H34O4. The normalized spacial score (nSPS) is 37.7. The Morgan fingerprint density at radius 2 is 2.12 bits per heavy atom. The second kappa shape index (κ2) is 7.24. The lowest BCUT2D eigenvalue weighted by molar-refractivity contribution is -0.168. The molecule has 0 aliphatic heterocycles. The molecule has 0 saturated heterocycles. The maximum Gasteiger partial charge on any atom is 0.311 e. The zero-order valence-corrected chi connectivity index (χ0v) is 16.0. The van der Waals surface area contributed by atoms with Crippen LogP contribution in [0.25, 0.3) is 0 Å². The molecule has 2 aliphatic carbocycles. The topological polar surface area (TPSA) is 66.8 Å². The van der Waals surface area contributed by atoms with Crippen LogP contribution in [0.2, 0.25) is 0 Å². The van der Waals surface area contributed by atoms with Crippen molar-refractivity contribution >= 4 is 5.97 Å². The summed E-state index contributed by atoms with van der Waals surface area (Å²) >= 11 is 0. The average Bonchev–Trinajstić information content (AvgIpc) is 2.59. The third-order valence-electron chi connectivity index (χ3n) is 7.19. The smallest absolute Gasteiger partial charge is 0.311 e. The van der Waals surface area contributed by atoms with Crippen LogP contribution in [0, 0.1) is 22.7 Å². The van der Waals surface area contributed by atoms with E-state index in [2.05, 4.69) is 27.0 Å². The summed E-state index contributed by atoms with van der Waals surface area (Å²) in [5, 5.41) is 19.8. The second-order valence-electron chi connectivity index (χ2n) is 8.58. The Kier molecular flexibility index (Phi) is 5.85. The minimum absolute atomic E-state index is 0.0337. The maximum absolute atomic E-state index is 12.6. The van der Waals surface area contributed by atoms with E-state index in [0.717, 1.165) is 38.5 Å². The molecule has 4 nitrogen and oxygen atoms in total. The summed E-state index contributed by atoms with van der Waals surface area (Å²) < 4.78 is 5.15. The van der Waals surface area contributed by atoms with E-state index >= 15 is 0 Å². The fraction of sp³-hybridized carbons (Fsp3) is 0.762. The summed E-state index contributed by atoms with van der Waals surface area (Å²) in [6, 6.07) is 0. The highest BCUT2D eigenvalue weighted by molar-refractivity contribution is 5.77. The lowest BCUT2D eigenvalue weighted by Gasteiger charge is -2.57. The molecule has 25 heavy (non-hydrogen) atoms. The van der Waals surface area contributed by atoms with Crippen LogP contribution < -0.4 is 0 Å². The van der Waals surface area contributed by atoms with E-state index in [4.69, 9.17) is 4.74 Å². The number of carbonyl (C=O) groups is 1. The Bertz CT molecular complexity index is 542. The molecule has 2 rings (SSSR count). The molecule has 0 radical (unpaired) electrons. The molecular weight excluding hydrogens is 316 g/mol. The Labute approximate surface area is 152 Å². The molecule has 2 aliphatic rings. The van der Waals surface area contributed by atoms with Gasteiger partial charge in [0, 0.05) is 0 Å². The molecule has 0 bridgehead atoms. The monoisotopic (exact) mass is 350 g/mol. The van der Waals surface area contributed by atoms with Crippen molar-refractivity contribution < 1.29 is 19.7 Å². The number of methoxy groups -OCH3 is 1. The molecule has 5 atom stereocenters. The molecule has 0 heterocycles. The van der Waals surface area contributed by atoms with Gasteiger partial charge in [-0.3, -0.25) is 4.79 Å². The van der Waals surface area contributed by atoms with E-state index < -0.39 is 11.0 Å². The highest BCUT2D eigenvalue weighted by Gasteiger charge is 2.57. The number of carbonyl (C=O) groups excluding carboxylic acids is 1.